The van der Waals surface area contributed by atoms with Gasteiger partial charge in [0.1, 0.15) is 0 Å². The SMILES string of the molecule is CCCCNC(=O)NC(=O)COC(=O)c1c2c(nc3ccccc13)CCCCC2. The lowest BCUT2D eigenvalue weighted by molar-refractivity contribution is -0.123. The van der Waals surface area contributed by atoms with E-state index in [0.717, 1.165) is 67.1 Å². The van der Waals surface area contributed by atoms with Gasteiger partial charge in [-0.3, -0.25) is 15.1 Å². The second-order valence-corrected chi connectivity index (χ2v) is 7.22. The minimum absolute atomic E-state index is 0.491. The number of aromatic nitrogens is 1. The van der Waals surface area contributed by atoms with Crippen LogP contribution in [-0.4, -0.2) is 36.0 Å². The summed E-state index contributed by atoms with van der Waals surface area (Å²) in [4.78, 5) is 41.3. The molecule has 7 heteroatoms. The molecule has 0 bridgehead atoms. The number of benzene rings is 1. The summed E-state index contributed by atoms with van der Waals surface area (Å²) in [5.41, 5.74) is 3.10. The Bertz CT molecular complexity index is 910. The third-order valence-corrected chi connectivity index (χ3v) is 5.03. The molecule has 0 saturated carbocycles. The Labute approximate surface area is 170 Å². The highest BCUT2D eigenvalue weighted by Crippen LogP contribution is 2.29. The second-order valence-electron chi connectivity index (χ2n) is 7.22. The minimum atomic E-state index is -0.656. The monoisotopic (exact) mass is 397 g/mol. The number of carbonyl (C=O) groups excluding carboxylic acids is 3. The number of amides is 3. The van der Waals surface area contributed by atoms with E-state index in [2.05, 4.69) is 10.6 Å². The van der Waals surface area contributed by atoms with Crippen LogP contribution in [0.4, 0.5) is 4.79 Å². The molecule has 0 atom stereocenters. The number of aryl methyl sites for hydroxylation is 1. The fourth-order valence-electron chi connectivity index (χ4n) is 3.57. The lowest BCUT2D eigenvalue weighted by atomic mass is 9.97. The predicted molar refractivity (Wildman–Crippen MR) is 110 cm³/mol. The number of urea groups is 1. The number of ether oxygens (including phenoxy) is 1. The van der Waals surface area contributed by atoms with E-state index in [-0.39, 0.29) is 0 Å². The maximum absolute atomic E-state index is 12.9. The van der Waals surface area contributed by atoms with Gasteiger partial charge in [-0.2, -0.15) is 0 Å². The lowest BCUT2D eigenvalue weighted by Crippen LogP contribution is -2.41. The maximum atomic E-state index is 12.9. The number of esters is 1. The molecule has 1 aliphatic rings. The average Bonchev–Trinajstić information content (AvgIpc) is 2.95. The van der Waals surface area contributed by atoms with Crippen LogP contribution in [0.5, 0.6) is 0 Å². The van der Waals surface area contributed by atoms with Crippen LogP contribution in [0.1, 0.15) is 60.6 Å². The molecular weight excluding hydrogens is 370 g/mol. The number of hydrogen-bond donors (Lipinski definition) is 2. The Morgan fingerprint density at radius 3 is 2.72 bits per heavy atom. The molecule has 3 amide bonds. The smallest absolute Gasteiger partial charge is 0.339 e. The molecule has 154 valence electrons. The molecule has 2 aromatic rings. The molecule has 7 nitrogen and oxygen atoms in total. The molecule has 0 aliphatic heterocycles. The Morgan fingerprint density at radius 1 is 1.10 bits per heavy atom. The van der Waals surface area contributed by atoms with Crippen molar-refractivity contribution >= 4 is 28.8 Å². The van der Waals surface area contributed by atoms with Crippen LogP contribution < -0.4 is 10.6 Å². The molecule has 0 saturated heterocycles. The Morgan fingerprint density at radius 2 is 1.90 bits per heavy atom. The third-order valence-electron chi connectivity index (χ3n) is 5.03. The number of nitrogens with one attached hydrogen (secondary N) is 2. The van der Waals surface area contributed by atoms with Gasteiger partial charge in [-0.25, -0.2) is 9.59 Å². The number of imide groups is 1. The first-order chi connectivity index (χ1) is 14.1. The van der Waals surface area contributed by atoms with Crippen molar-refractivity contribution in [2.45, 2.75) is 51.9 Å². The number of rotatable bonds is 6. The van der Waals surface area contributed by atoms with E-state index in [9.17, 15) is 14.4 Å². The molecule has 29 heavy (non-hydrogen) atoms. The standard InChI is InChI=1S/C22H27N3O4/c1-2-3-13-23-22(28)25-19(26)14-29-21(27)20-15-9-5-4-6-11-17(15)24-18-12-8-7-10-16(18)20/h7-8,10,12H,2-6,9,11,13-14H2,1H3,(H2,23,25,26,28). The zero-order valence-corrected chi connectivity index (χ0v) is 16.8. The van der Waals surface area contributed by atoms with Crippen LogP contribution in [0, 0.1) is 0 Å². The first kappa shape index (κ1) is 20.8. The van der Waals surface area contributed by atoms with Crippen LogP contribution in [0.2, 0.25) is 0 Å². The van der Waals surface area contributed by atoms with Crippen molar-refractivity contribution < 1.29 is 19.1 Å². The summed E-state index contributed by atoms with van der Waals surface area (Å²) in [5, 5.41) is 5.50. The molecular formula is C22H27N3O4. The number of carbonyl (C=O) groups is 3. The minimum Gasteiger partial charge on any atom is -0.452 e. The van der Waals surface area contributed by atoms with Crippen molar-refractivity contribution in [3.8, 4) is 0 Å². The largest absolute Gasteiger partial charge is 0.452 e. The van der Waals surface area contributed by atoms with Crippen molar-refractivity contribution in [2.75, 3.05) is 13.2 Å². The molecule has 0 fully saturated rings. The summed E-state index contributed by atoms with van der Waals surface area (Å²) in [6.45, 7) is 1.99. The third kappa shape index (κ3) is 5.31. The average molecular weight is 397 g/mol. The number of pyridine rings is 1. The second kappa shape index (κ2) is 10.0. The van der Waals surface area contributed by atoms with Gasteiger partial charge >= 0.3 is 12.0 Å². The van der Waals surface area contributed by atoms with Gasteiger partial charge in [0, 0.05) is 17.6 Å². The number of para-hydroxylation sites is 1. The van der Waals surface area contributed by atoms with Gasteiger partial charge < -0.3 is 10.1 Å². The topological polar surface area (TPSA) is 97.4 Å². The Hall–Kier alpha value is -2.96. The first-order valence-corrected chi connectivity index (χ1v) is 10.3. The van der Waals surface area contributed by atoms with Crippen LogP contribution in [0.25, 0.3) is 10.9 Å². The molecule has 2 N–H and O–H groups in total. The molecule has 3 rings (SSSR count). The van der Waals surface area contributed by atoms with E-state index in [1.165, 1.54) is 0 Å². The van der Waals surface area contributed by atoms with Crippen molar-refractivity contribution in [1.82, 2.24) is 15.6 Å². The van der Waals surface area contributed by atoms with E-state index < -0.39 is 24.5 Å². The van der Waals surface area contributed by atoms with Crippen molar-refractivity contribution in [3.05, 3.63) is 41.1 Å². The lowest BCUT2D eigenvalue weighted by Gasteiger charge is -2.15. The molecule has 1 heterocycles. The summed E-state index contributed by atoms with van der Waals surface area (Å²) < 4.78 is 5.27. The Balaban J connectivity index is 1.73. The van der Waals surface area contributed by atoms with E-state index in [1.807, 2.05) is 31.2 Å². The number of fused-ring (bicyclic) bond motifs is 2. The fraction of sp³-hybridized carbons (Fsp3) is 0.455. The van der Waals surface area contributed by atoms with Crippen molar-refractivity contribution in [3.63, 3.8) is 0 Å². The van der Waals surface area contributed by atoms with E-state index >= 15 is 0 Å². The van der Waals surface area contributed by atoms with Crippen molar-refractivity contribution in [1.29, 1.82) is 0 Å². The number of nitrogens with zero attached hydrogens (tertiary/aromatic N) is 1. The van der Waals surface area contributed by atoms with Gasteiger partial charge in [-0.15, -0.1) is 0 Å². The number of unbranched alkanes of at least 4 members (excludes halogenated alkanes) is 1. The van der Waals surface area contributed by atoms with Gasteiger partial charge in [0.2, 0.25) is 0 Å². The quantitative estimate of drug-likeness (QED) is 0.443. The van der Waals surface area contributed by atoms with Gasteiger partial charge in [-0.1, -0.05) is 38.0 Å². The summed E-state index contributed by atoms with van der Waals surface area (Å²) in [5.74, 6) is -1.21. The van der Waals surface area contributed by atoms with E-state index in [1.54, 1.807) is 0 Å². The highest BCUT2D eigenvalue weighted by Gasteiger charge is 2.23. The molecule has 0 unspecified atom stereocenters. The van der Waals surface area contributed by atoms with Crippen LogP contribution >= 0.6 is 0 Å². The van der Waals surface area contributed by atoms with E-state index in [0.29, 0.717) is 12.1 Å². The molecule has 0 spiro atoms. The first-order valence-electron chi connectivity index (χ1n) is 10.3. The highest BCUT2D eigenvalue weighted by molar-refractivity contribution is 6.06. The molecule has 0 radical (unpaired) electrons. The molecule has 1 aliphatic carbocycles. The van der Waals surface area contributed by atoms with Crippen LogP contribution in [-0.2, 0) is 22.4 Å². The molecule has 1 aromatic heterocycles. The van der Waals surface area contributed by atoms with Crippen molar-refractivity contribution in [2.24, 2.45) is 0 Å². The summed E-state index contributed by atoms with van der Waals surface area (Å²) in [6.07, 6.45) is 6.50. The van der Waals surface area contributed by atoms with Gasteiger partial charge in [0.25, 0.3) is 5.91 Å². The zero-order valence-electron chi connectivity index (χ0n) is 16.8. The summed E-state index contributed by atoms with van der Waals surface area (Å²) in [6, 6.07) is 6.90. The van der Waals surface area contributed by atoms with Crippen LogP contribution in [0.15, 0.2) is 24.3 Å². The normalized spacial score (nSPS) is 13.3. The zero-order chi connectivity index (χ0) is 20.6. The molecule has 1 aromatic carbocycles. The maximum Gasteiger partial charge on any atom is 0.339 e. The van der Waals surface area contributed by atoms with Gasteiger partial charge in [0.05, 0.1) is 11.1 Å². The predicted octanol–water partition coefficient (Wildman–Crippen LogP) is 3.29. The summed E-state index contributed by atoms with van der Waals surface area (Å²) in [7, 11) is 0. The van der Waals surface area contributed by atoms with Crippen LogP contribution in [0.3, 0.4) is 0 Å². The Kier molecular flexibility index (Phi) is 7.16. The van der Waals surface area contributed by atoms with Gasteiger partial charge in [-0.05, 0) is 43.7 Å². The fourth-order valence-corrected chi connectivity index (χ4v) is 3.57. The summed E-state index contributed by atoms with van der Waals surface area (Å²) >= 11 is 0. The van der Waals surface area contributed by atoms with E-state index in [4.69, 9.17) is 9.72 Å². The number of hydrogen-bond acceptors (Lipinski definition) is 5. The highest BCUT2D eigenvalue weighted by atomic mass is 16.5. The van der Waals surface area contributed by atoms with Gasteiger partial charge in [0.15, 0.2) is 6.61 Å².